The lowest BCUT2D eigenvalue weighted by Crippen LogP contribution is -2.30. The second-order valence-corrected chi connectivity index (χ2v) is 5.70. The number of hydrogen-bond donors (Lipinski definition) is 1. The molecular weight excluding hydrogens is 353 g/mol. The Balaban J connectivity index is 2.07. The molecule has 0 aromatic heterocycles. The van der Waals surface area contributed by atoms with Gasteiger partial charge in [0, 0.05) is 5.02 Å². The smallest absolute Gasteiger partial charge is 0.342 e. The molecule has 0 heterocycles. The molecule has 0 spiro atoms. The lowest BCUT2D eigenvalue weighted by molar-refractivity contribution is -0.123. The maximum Gasteiger partial charge on any atom is 0.342 e. The molecule has 24 heavy (non-hydrogen) atoms. The summed E-state index contributed by atoms with van der Waals surface area (Å²) in [5, 5.41) is 3.35. The molecule has 0 radical (unpaired) electrons. The number of hydrogen-bond acceptors (Lipinski definition) is 4. The number of ether oxygens (including phenoxy) is 2. The van der Waals surface area contributed by atoms with Crippen molar-refractivity contribution in [2.24, 2.45) is 0 Å². The summed E-state index contributed by atoms with van der Waals surface area (Å²) in [6, 6.07) is 11.3. The van der Waals surface area contributed by atoms with Gasteiger partial charge in [0.1, 0.15) is 11.3 Å². The van der Waals surface area contributed by atoms with Crippen molar-refractivity contribution in [2.75, 3.05) is 12.4 Å². The molecule has 2 rings (SSSR count). The molecule has 2 aromatic rings. The van der Waals surface area contributed by atoms with Crippen LogP contribution in [0.1, 0.15) is 17.3 Å². The van der Waals surface area contributed by atoms with Crippen molar-refractivity contribution in [1.82, 2.24) is 0 Å². The summed E-state index contributed by atoms with van der Waals surface area (Å²) in [5.74, 6) is -0.906. The standard InChI is InChI=1S/C17H15Cl2NO4/c1-10(16(21)20-14-6-4-3-5-13(14)19)24-17(22)12-9-11(18)7-8-15(12)23-2/h3-10H,1-2H3,(H,20,21)/t10-/m0/s1. The first kappa shape index (κ1) is 18.1. The van der Waals surface area contributed by atoms with E-state index in [2.05, 4.69) is 5.32 Å². The van der Waals surface area contributed by atoms with Gasteiger partial charge in [-0.05, 0) is 37.3 Å². The molecule has 0 unspecified atom stereocenters. The summed E-state index contributed by atoms with van der Waals surface area (Å²) < 4.78 is 10.3. The Bertz CT molecular complexity index is 764. The summed E-state index contributed by atoms with van der Waals surface area (Å²) >= 11 is 11.9. The van der Waals surface area contributed by atoms with Gasteiger partial charge in [-0.25, -0.2) is 4.79 Å². The molecule has 0 saturated carbocycles. The Kier molecular flexibility index (Phi) is 6.06. The van der Waals surface area contributed by atoms with E-state index < -0.39 is 18.0 Å². The third-order valence-electron chi connectivity index (χ3n) is 3.17. The van der Waals surface area contributed by atoms with Gasteiger partial charge in [0.2, 0.25) is 0 Å². The maximum atomic E-state index is 12.2. The molecule has 0 saturated heterocycles. The van der Waals surface area contributed by atoms with E-state index in [4.69, 9.17) is 32.7 Å². The number of methoxy groups -OCH3 is 1. The summed E-state index contributed by atoms with van der Waals surface area (Å²) in [6.45, 7) is 1.46. The lowest BCUT2D eigenvalue weighted by atomic mass is 10.2. The third-order valence-corrected chi connectivity index (χ3v) is 3.73. The minimum atomic E-state index is -1.03. The van der Waals surface area contributed by atoms with Gasteiger partial charge in [0.05, 0.1) is 17.8 Å². The number of benzene rings is 2. The van der Waals surface area contributed by atoms with Crippen molar-refractivity contribution in [3.05, 3.63) is 58.1 Å². The van der Waals surface area contributed by atoms with Crippen LogP contribution >= 0.6 is 23.2 Å². The molecule has 1 amide bonds. The predicted octanol–water partition coefficient (Wildman–Crippen LogP) is 4.19. The van der Waals surface area contributed by atoms with Crippen LogP contribution in [0, 0.1) is 0 Å². The molecule has 1 atom stereocenters. The Morgan fingerprint density at radius 2 is 1.83 bits per heavy atom. The van der Waals surface area contributed by atoms with Crippen molar-refractivity contribution in [1.29, 1.82) is 0 Å². The SMILES string of the molecule is COc1ccc(Cl)cc1C(=O)O[C@@H](C)C(=O)Nc1ccccc1Cl. The first-order valence-electron chi connectivity index (χ1n) is 7.02. The van der Waals surface area contributed by atoms with E-state index in [1.54, 1.807) is 36.4 Å². The van der Waals surface area contributed by atoms with E-state index in [1.807, 2.05) is 0 Å². The fourth-order valence-corrected chi connectivity index (χ4v) is 2.27. The molecule has 126 valence electrons. The fraction of sp³-hybridized carbons (Fsp3) is 0.176. The maximum absolute atomic E-state index is 12.2. The summed E-state index contributed by atoms with van der Waals surface area (Å²) in [7, 11) is 1.42. The van der Waals surface area contributed by atoms with Gasteiger partial charge in [0.25, 0.3) is 5.91 Å². The largest absolute Gasteiger partial charge is 0.496 e. The number of carbonyl (C=O) groups is 2. The number of para-hydroxylation sites is 1. The van der Waals surface area contributed by atoms with Crippen LogP contribution in [0.15, 0.2) is 42.5 Å². The zero-order valence-corrected chi connectivity index (χ0v) is 14.5. The third kappa shape index (κ3) is 4.40. The zero-order chi connectivity index (χ0) is 17.7. The molecule has 0 aliphatic carbocycles. The van der Waals surface area contributed by atoms with Crippen LogP contribution in [0.3, 0.4) is 0 Å². The number of carbonyl (C=O) groups excluding carboxylic acids is 2. The average Bonchev–Trinajstić information content (AvgIpc) is 2.56. The summed E-state index contributed by atoms with van der Waals surface area (Å²) in [5.41, 5.74) is 0.579. The van der Waals surface area contributed by atoms with Gasteiger partial charge in [-0.15, -0.1) is 0 Å². The van der Waals surface area contributed by atoms with Crippen molar-refractivity contribution in [3.63, 3.8) is 0 Å². The van der Waals surface area contributed by atoms with Crippen LogP contribution in [0.2, 0.25) is 10.0 Å². The van der Waals surface area contributed by atoms with E-state index in [1.165, 1.54) is 20.1 Å². The van der Waals surface area contributed by atoms with Crippen LogP contribution in [0.4, 0.5) is 5.69 Å². The van der Waals surface area contributed by atoms with Gasteiger partial charge in [-0.1, -0.05) is 35.3 Å². The summed E-state index contributed by atoms with van der Waals surface area (Å²) in [6.07, 6.45) is -1.03. The highest BCUT2D eigenvalue weighted by atomic mass is 35.5. The van der Waals surface area contributed by atoms with Crippen molar-refractivity contribution < 1.29 is 19.1 Å². The number of rotatable bonds is 5. The van der Waals surface area contributed by atoms with E-state index >= 15 is 0 Å². The van der Waals surface area contributed by atoms with Gasteiger partial charge < -0.3 is 14.8 Å². The Hall–Kier alpha value is -2.24. The topological polar surface area (TPSA) is 64.6 Å². The van der Waals surface area contributed by atoms with E-state index in [0.717, 1.165) is 0 Å². The molecule has 0 fully saturated rings. The summed E-state index contributed by atoms with van der Waals surface area (Å²) in [4.78, 5) is 24.4. The van der Waals surface area contributed by atoms with E-state index in [-0.39, 0.29) is 5.56 Å². The molecule has 7 heteroatoms. The van der Waals surface area contributed by atoms with E-state index in [0.29, 0.717) is 21.5 Å². The van der Waals surface area contributed by atoms with E-state index in [9.17, 15) is 9.59 Å². The van der Waals surface area contributed by atoms with Gasteiger partial charge in [-0.2, -0.15) is 0 Å². The van der Waals surface area contributed by atoms with Gasteiger partial charge >= 0.3 is 5.97 Å². The normalized spacial score (nSPS) is 11.5. The molecule has 0 aliphatic rings. The molecule has 2 aromatic carbocycles. The monoisotopic (exact) mass is 367 g/mol. The minimum absolute atomic E-state index is 0.141. The number of esters is 1. The zero-order valence-electron chi connectivity index (χ0n) is 13.0. The fourth-order valence-electron chi connectivity index (χ4n) is 1.91. The Labute approximate surface area is 149 Å². The molecule has 0 bridgehead atoms. The van der Waals surface area contributed by atoms with Crippen LogP contribution < -0.4 is 10.1 Å². The second-order valence-electron chi connectivity index (χ2n) is 4.86. The second kappa shape index (κ2) is 8.04. The number of amides is 1. The van der Waals surface area contributed by atoms with Gasteiger partial charge in [-0.3, -0.25) is 4.79 Å². The molecule has 5 nitrogen and oxygen atoms in total. The highest BCUT2D eigenvalue weighted by Crippen LogP contribution is 2.24. The minimum Gasteiger partial charge on any atom is -0.496 e. The van der Waals surface area contributed by atoms with Crippen LogP contribution in [0.5, 0.6) is 5.75 Å². The predicted molar refractivity (Wildman–Crippen MR) is 93.0 cm³/mol. The Morgan fingerprint density at radius 3 is 2.50 bits per heavy atom. The highest BCUT2D eigenvalue weighted by molar-refractivity contribution is 6.33. The van der Waals surface area contributed by atoms with Crippen molar-refractivity contribution in [2.45, 2.75) is 13.0 Å². The van der Waals surface area contributed by atoms with Crippen LogP contribution in [-0.2, 0) is 9.53 Å². The quantitative estimate of drug-likeness (QED) is 0.804. The van der Waals surface area contributed by atoms with Gasteiger partial charge in [0.15, 0.2) is 6.10 Å². The average molecular weight is 368 g/mol. The lowest BCUT2D eigenvalue weighted by Gasteiger charge is -2.15. The number of anilines is 1. The van der Waals surface area contributed by atoms with Crippen molar-refractivity contribution >= 4 is 40.8 Å². The highest BCUT2D eigenvalue weighted by Gasteiger charge is 2.22. The molecule has 1 N–H and O–H groups in total. The van der Waals surface area contributed by atoms with Crippen molar-refractivity contribution in [3.8, 4) is 5.75 Å². The number of halogens is 2. The first-order chi connectivity index (χ1) is 11.4. The number of nitrogens with one attached hydrogen (secondary N) is 1. The van der Waals surface area contributed by atoms with Crippen LogP contribution in [-0.4, -0.2) is 25.1 Å². The first-order valence-corrected chi connectivity index (χ1v) is 7.78. The molecular formula is C17H15Cl2NO4. The molecule has 0 aliphatic heterocycles. The van der Waals surface area contributed by atoms with Crippen LogP contribution in [0.25, 0.3) is 0 Å². The Morgan fingerprint density at radius 1 is 1.12 bits per heavy atom.